The maximum atomic E-state index is 12.0. The first-order valence-corrected chi connectivity index (χ1v) is 9.30. The summed E-state index contributed by atoms with van der Waals surface area (Å²) in [5.41, 5.74) is 1.27. The zero-order chi connectivity index (χ0) is 21.3. The van der Waals surface area contributed by atoms with Gasteiger partial charge in [0.2, 0.25) is 0 Å². The third-order valence-electron chi connectivity index (χ3n) is 3.83. The molecule has 1 amide bonds. The van der Waals surface area contributed by atoms with Crippen LogP contribution in [-0.2, 0) is 9.53 Å². The van der Waals surface area contributed by atoms with Gasteiger partial charge >= 0.3 is 5.97 Å². The zero-order valence-corrected chi connectivity index (χ0v) is 16.6. The fraction of sp³-hybridized carbons (Fsp3) is 0.182. The molecule has 3 rings (SSSR count). The standard InChI is InChI=1S/C22H21N3O5/c1-3-28-17-8-10-19(11-9-17)30-18-6-4-16(5-7-18)25-21(26)14-29-22(27)20-13-23-15(2)12-24-20/h4-13H,3,14H2,1-2H3,(H,25,26). The van der Waals surface area contributed by atoms with Crippen LogP contribution in [0, 0.1) is 6.92 Å². The van der Waals surface area contributed by atoms with Crippen LogP contribution in [0.1, 0.15) is 23.1 Å². The van der Waals surface area contributed by atoms with Crippen molar-refractivity contribution in [2.24, 2.45) is 0 Å². The molecular formula is C22H21N3O5. The van der Waals surface area contributed by atoms with E-state index in [-0.39, 0.29) is 5.69 Å². The highest BCUT2D eigenvalue weighted by molar-refractivity contribution is 5.94. The maximum absolute atomic E-state index is 12.0. The molecule has 0 atom stereocenters. The van der Waals surface area contributed by atoms with Crippen molar-refractivity contribution in [2.75, 3.05) is 18.5 Å². The summed E-state index contributed by atoms with van der Waals surface area (Å²) in [7, 11) is 0. The van der Waals surface area contributed by atoms with Crippen molar-refractivity contribution in [3.63, 3.8) is 0 Å². The summed E-state index contributed by atoms with van der Waals surface area (Å²) in [6.45, 7) is 3.85. The first-order valence-electron chi connectivity index (χ1n) is 9.30. The summed E-state index contributed by atoms with van der Waals surface area (Å²) in [4.78, 5) is 31.7. The second-order valence-electron chi connectivity index (χ2n) is 6.20. The van der Waals surface area contributed by atoms with Crippen LogP contribution in [0.4, 0.5) is 5.69 Å². The van der Waals surface area contributed by atoms with E-state index in [2.05, 4.69) is 15.3 Å². The van der Waals surface area contributed by atoms with Crippen LogP contribution in [0.25, 0.3) is 0 Å². The fourth-order valence-electron chi connectivity index (χ4n) is 2.41. The summed E-state index contributed by atoms with van der Waals surface area (Å²) >= 11 is 0. The first kappa shape index (κ1) is 20.8. The van der Waals surface area contributed by atoms with Crippen molar-refractivity contribution in [3.8, 4) is 17.2 Å². The van der Waals surface area contributed by atoms with Crippen LogP contribution >= 0.6 is 0 Å². The molecule has 30 heavy (non-hydrogen) atoms. The number of hydrogen-bond acceptors (Lipinski definition) is 7. The topological polar surface area (TPSA) is 99.6 Å². The Balaban J connectivity index is 1.48. The number of amides is 1. The molecule has 0 fully saturated rings. The van der Waals surface area contributed by atoms with Gasteiger partial charge in [0, 0.05) is 11.9 Å². The lowest BCUT2D eigenvalue weighted by Gasteiger charge is -2.09. The number of anilines is 1. The molecule has 0 aliphatic carbocycles. The van der Waals surface area contributed by atoms with Gasteiger partial charge in [0.15, 0.2) is 12.3 Å². The van der Waals surface area contributed by atoms with Crippen molar-refractivity contribution in [1.29, 1.82) is 0 Å². The number of nitrogens with zero attached hydrogens (tertiary/aromatic N) is 2. The molecule has 8 nitrogen and oxygen atoms in total. The van der Waals surface area contributed by atoms with Gasteiger partial charge in [0.1, 0.15) is 17.2 Å². The average Bonchev–Trinajstić information content (AvgIpc) is 2.75. The Kier molecular flexibility index (Phi) is 6.94. The Labute approximate surface area is 173 Å². The lowest BCUT2D eigenvalue weighted by molar-refractivity contribution is -0.119. The number of hydrogen-bond donors (Lipinski definition) is 1. The van der Waals surface area contributed by atoms with E-state index in [4.69, 9.17) is 14.2 Å². The van der Waals surface area contributed by atoms with E-state index < -0.39 is 18.5 Å². The van der Waals surface area contributed by atoms with Gasteiger partial charge < -0.3 is 19.5 Å². The minimum absolute atomic E-state index is 0.0455. The number of aryl methyl sites for hydroxylation is 1. The third-order valence-corrected chi connectivity index (χ3v) is 3.83. The van der Waals surface area contributed by atoms with Crippen molar-refractivity contribution in [2.45, 2.75) is 13.8 Å². The maximum Gasteiger partial charge on any atom is 0.359 e. The number of carbonyl (C=O) groups is 2. The highest BCUT2D eigenvalue weighted by Gasteiger charge is 2.12. The Morgan fingerprint density at radius 3 is 2.13 bits per heavy atom. The first-order chi connectivity index (χ1) is 14.5. The normalized spacial score (nSPS) is 10.2. The SMILES string of the molecule is CCOc1ccc(Oc2ccc(NC(=O)COC(=O)c3cnc(C)cn3)cc2)cc1. The molecular weight excluding hydrogens is 386 g/mol. The molecule has 1 heterocycles. The molecule has 0 bridgehead atoms. The van der Waals surface area contributed by atoms with Gasteiger partial charge in [-0.1, -0.05) is 0 Å². The molecule has 1 N–H and O–H groups in total. The summed E-state index contributed by atoms with van der Waals surface area (Å²) in [6.07, 6.45) is 2.76. The summed E-state index contributed by atoms with van der Waals surface area (Å²) < 4.78 is 16.1. The lowest BCUT2D eigenvalue weighted by atomic mass is 10.3. The Morgan fingerprint density at radius 2 is 1.53 bits per heavy atom. The Morgan fingerprint density at radius 1 is 0.900 bits per heavy atom. The quantitative estimate of drug-likeness (QED) is 0.567. The smallest absolute Gasteiger partial charge is 0.359 e. The predicted molar refractivity (Wildman–Crippen MR) is 110 cm³/mol. The van der Waals surface area contributed by atoms with Gasteiger partial charge in [0.25, 0.3) is 5.91 Å². The number of nitrogens with one attached hydrogen (secondary N) is 1. The molecule has 2 aromatic carbocycles. The van der Waals surface area contributed by atoms with Gasteiger partial charge in [-0.15, -0.1) is 0 Å². The fourth-order valence-corrected chi connectivity index (χ4v) is 2.41. The predicted octanol–water partition coefficient (Wildman–Crippen LogP) is 3.77. The number of ether oxygens (including phenoxy) is 3. The molecule has 0 saturated carbocycles. The number of carbonyl (C=O) groups excluding carboxylic acids is 2. The van der Waals surface area contributed by atoms with Gasteiger partial charge in [-0.2, -0.15) is 0 Å². The van der Waals surface area contributed by atoms with Gasteiger partial charge in [-0.3, -0.25) is 9.78 Å². The highest BCUT2D eigenvalue weighted by Crippen LogP contribution is 2.25. The molecule has 154 valence electrons. The highest BCUT2D eigenvalue weighted by atomic mass is 16.5. The second-order valence-corrected chi connectivity index (χ2v) is 6.20. The molecule has 0 spiro atoms. The summed E-state index contributed by atoms with van der Waals surface area (Å²) in [5.74, 6) is 0.876. The average molecular weight is 407 g/mol. The van der Waals surface area contributed by atoms with E-state index in [0.717, 1.165) is 5.75 Å². The van der Waals surface area contributed by atoms with Crippen molar-refractivity contribution < 1.29 is 23.8 Å². The summed E-state index contributed by atoms with van der Waals surface area (Å²) in [6, 6.07) is 14.1. The zero-order valence-electron chi connectivity index (χ0n) is 16.6. The van der Waals surface area contributed by atoms with E-state index in [1.165, 1.54) is 12.4 Å². The second kappa shape index (κ2) is 10.0. The van der Waals surface area contributed by atoms with Crippen LogP contribution in [0.2, 0.25) is 0 Å². The third kappa shape index (κ3) is 6.03. The monoisotopic (exact) mass is 407 g/mol. The van der Waals surface area contributed by atoms with Crippen molar-refractivity contribution >= 4 is 17.6 Å². The number of esters is 1. The molecule has 0 unspecified atom stereocenters. The van der Waals surface area contributed by atoms with Crippen LogP contribution in [0.15, 0.2) is 60.9 Å². The summed E-state index contributed by atoms with van der Waals surface area (Å²) in [5, 5.41) is 2.65. The van der Waals surface area contributed by atoms with E-state index >= 15 is 0 Å². The Bertz CT molecular complexity index is 987. The Hall–Kier alpha value is -3.94. The molecule has 1 aromatic heterocycles. The van der Waals surface area contributed by atoms with E-state index in [1.807, 2.05) is 31.2 Å². The van der Waals surface area contributed by atoms with Gasteiger partial charge in [0.05, 0.1) is 18.5 Å². The van der Waals surface area contributed by atoms with E-state index in [9.17, 15) is 9.59 Å². The molecule has 3 aromatic rings. The van der Waals surface area contributed by atoms with Gasteiger partial charge in [-0.05, 0) is 62.4 Å². The number of benzene rings is 2. The van der Waals surface area contributed by atoms with Crippen LogP contribution in [0.3, 0.4) is 0 Å². The van der Waals surface area contributed by atoms with Crippen LogP contribution in [0.5, 0.6) is 17.2 Å². The number of rotatable bonds is 8. The van der Waals surface area contributed by atoms with Crippen molar-refractivity contribution in [3.05, 3.63) is 72.3 Å². The molecule has 0 aliphatic rings. The van der Waals surface area contributed by atoms with Crippen LogP contribution in [-0.4, -0.2) is 35.1 Å². The minimum Gasteiger partial charge on any atom is -0.494 e. The van der Waals surface area contributed by atoms with Crippen molar-refractivity contribution in [1.82, 2.24) is 9.97 Å². The molecule has 0 saturated heterocycles. The lowest BCUT2D eigenvalue weighted by Crippen LogP contribution is -2.21. The molecule has 8 heteroatoms. The van der Waals surface area contributed by atoms with E-state index in [0.29, 0.717) is 29.5 Å². The largest absolute Gasteiger partial charge is 0.494 e. The molecule has 0 aliphatic heterocycles. The minimum atomic E-state index is -0.711. The number of aromatic nitrogens is 2. The van der Waals surface area contributed by atoms with Gasteiger partial charge in [-0.25, -0.2) is 9.78 Å². The van der Waals surface area contributed by atoms with E-state index in [1.54, 1.807) is 31.2 Å². The van der Waals surface area contributed by atoms with Crippen LogP contribution < -0.4 is 14.8 Å². The molecule has 0 radical (unpaired) electrons.